The van der Waals surface area contributed by atoms with E-state index in [2.05, 4.69) is 16.7 Å². The van der Waals surface area contributed by atoms with Crippen molar-refractivity contribution >= 4 is 43.4 Å². The summed E-state index contributed by atoms with van der Waals surface area (Å²) in [4.78, 5) is 0.280. The number of β-amino-alcohol motifs (C(OH)–C–C–N with tert-alkyl or cyclic N) is 1. The van der Waals surface area contributed by atoms with Gasteiger partial charge in [-0.2, -0.15) is 4.31 Å². The lowest BCUT2D eigenvalue weighted by atomic mass is 10.1. The quantitative estimate of drug-likeness (QED) is 0.520. The second-order valence-corrected chi connectivity index (χ2v) is 10.0. The molecular weight excluding hydrogens is 420 g/mol. The predicted octanol–water partition coefficient (Wildman–Crippen LogP) is 4.06. The molecule has 0 unspecified atom stereocenters. The molecular formula is C23H21ClN2O3S. The molecule has 7 heteroatoms. The number of fused-ring (bicyclic) bond motifs is 4. The third-order valence-electron chi connectivity index (χ3n) is 5.76. The standard InChI is InChI=1S/C23H21ClN2O3S/c24-17-9-10-23-16(13-17)11-12-25(30(23,28)29)14-18(27)15-26-21-7-3-1-5-19(21)20-6-2-4-8-22(20)26/h1-10,13,18,27H,11-12,14-15H2/t18-/m0/s1. The van der Waals surface area contributed by atoms with Crippen LogP contribution < -0.4 is 0 Å². The average Bonchev–Trinajstić information content (AvgIpc) is 3.04. The zero-order chi connectivity index (χ0) is 20.9. The summed E-state index contributed by atoms with van der Waals surface area (Å²) < 4.78 is 29.5. The summed E-state index contributed by atoms with van der Waals surface area (Å²) in [6.45, 7) is 0.693. The smallest absolute Gasteiger partial charge is 0.243 e. The molecule has 154 valence electrons. The molecule has 2 heterocycles. The molecule has 1 N–H and O–H groups in total. The number of hydrogen-bond donors (Lipinski definition) is 1. The van der Waals surface area contributed by atoms with Gasteiger partial charge in [-0.1, -0.05) is 48.0 Å². The Balaban J connectivity index is 1.44. The molecule has 5 nitrogen and oxygen atoms in total. The van der Waals surface area contributed by atoms with Crippen LogP contribution in [0.1, 0.15) is 5.56 Å². The van der Waals surface area contributed by atoms with Gasteiger partial charge in [0.25, 0.3) is 0 Å². The number of aliphatic hydroxyl groups excluding tert-OH is 1. The van der Waals surface area contributed by atoms with Crippen molar-refractivity contribution in [3.8, 4) is 0 Å². The van der Waals surface area contributed by atoms with Crippen molar-refractivity contribution in [2.45, 2.75) is 24.0 Å². The Bertz CT molecular complexity index is 1310. The molecule has 3 aromatic carbocycles. The van der Waals surface area contributed by atoms with Crippen LogP contribution in [0.3, 0.4) is 0 Å². The average molecular weight is 441 g/mol. The van der Waals surface area contributed by atoms with Crippen molar-refractivity contribution in [1.29, 1.82) is 0 Å². The molecule has 4 aromatic rings. The summed E-state index contributed by atoms with van der Waals surface area (Å²) in [5.41, 5.74) is 2.79. The van der Waals surface area contributed by atoms with Crippen LogP contribution in [-0.2, 0) is 23.0 Å². The third-order valence-corrected chi connectivity index (χ3v) is 7.96. The SMILES string of the molecule is O=S1(=O)c2ccc(Cl)cc2CCN1C[C@H](O)Cn1c2ccccc2c2ccccc21. The van der Waals surface area contributed by atoms with E-state index in [4.69, 9.17) is 11.6 Å². The Kier molecular flexibility index (Phi) is 4.82. The molecule has 0 aliphatic carbocycles. The van der Waals surface area contributed by atoms with Gasteiger partial charge in [-0.05, 0) is 42.3 Å². The summed E-state index contributed by atoms with van der Waals surface area (Å²) in [5, 5.41) is 13.6. The van der Waals surface area contributed by atoms with E-state index in [1.165, 1.54) is 4.31 Å². The van der Waals surface area contributed by atoms with Crippen molar-refractivity contribution in [1.82, 2.24) is 8.87 Å². The number of halogens is 1. The number of benzene rings is 3. The first-order valence-corrected chi connectivity index (χ1v) is 11.7. The first-order chi connectivity index (χ1) is 14.4. The van der Waals surface area contributed by atoms with Gasteiger partial charge in [-0.3, -0.25) is 0 Å². The Hall–Kier alpha value is -2.38. The summed E-state index contributed by atoms with van der Waals surface area (Å²) >= 11 is 6.01. The highest BCUT2D eigenvalue weighted by Gasteiger charge is 2.32. The second kappa shape index (κ2) is 7.39. The van der Waals surface area contributed by atoms with Crippen LogP contribution in [0.15, 0.2) is 71.6 Å². The monoisotopic (exact) mass is 440 g/mol. The largest absolute Gasteiger partial charge is 0.390 e. The molecule has 1 atom stereocenters. The molecule has 0 bridgehead atoms. The number of nitrogens with zero attached hydrogens (tertiary/aromatic N) is 2. The highest BCUT2D eigenvalue weighted by Crippen LogP contribution is 2.31. The summed E-state index contributed by atoms with van der Waals surface area (Å²) in [7, 11) is -3.65. The van der Waals surface area contributed by atoms with Crippen molar-refractivity contribution in [2.24, 2.45) is 0 Å². The van der Waals surface area contributed by atoms with Crippen LogP contribution >= 0.6 is 11.6 Å². The maximum atomic E-state index is 13.0. The molecule has 1 aliphatic heterocycles. The van der Waals surface area contributed by atoms with Crippen molar-refractivity contribution in [2.75, 3.05) is 13.1 Å². The Morgan fingerprint density at radius 3 is 2.23 bits per heavy atom. The number of para-hydroxylation sites is 2. The predicted molar refractivity (Wildman–Crippen MR) is 119 cm³/mol. The fraction of sp³-hybridized carbons (Fsp3) is 0.217. The highest BCUT2D eigenvalue weighted by atomic mass is 35.5. The van der Waals surface area contributed by atoms with E-state index in [9.17, 15) is 13.5 Å². The first-order valence-electron chi connectivity index (χ1n) is 9.88. The lowest BCUT2D eigenvalue weighted by molar-refractivity contribution is 0.129. The zero-order valence-corrected chi connectivity index (χ0v) is 17.8. The molecule has 0 fully saturated rings. The minimum absolute atomic E-state index is 0.0469. The molecule has 1 aromatic heterocycles. The second-order valence-electron chi connectivity index (χ2n) is 7.66. The van der Waals surface area contributed by atoms with Crippen LogP contribution in [-0.4, -0.2) is 41.6 Å². The summed E-state index contributed by atoms with van der Waals surface area (Å²) in [5.74, 6) is 0. The van der Waals surface area contributed by atoms with E-state index in [-0.39, 0.29) is 11.4 Å². The Morgan fingerprint density at radius 2 is 1.57 bits per heavy atom. The van der Waals surface area contributed by atoms with Crippen LogP contribution in [0.4, 0.5) is 0 Å². The van der Waals surface area contributed by atoms with E-state index in [0.717, 1.165) is 27.4 Å². The van der Waals surface area contributed by atoms with Gasteiger partial charge in [0.15, 0.2) is 0 Å². The maximum absolute atomic E-state index is 13.0. The molecule has 0 amide bonds. The van der Waals surface area contributed by atoms with Gasteiger partial charge in [0.05, 0.1) is 17.5 Å². The van der Waals surface area contributed by atoms with E-state index >= 15 is 0 Å². The normalized spacial score (nSPS) is 17.3. The number of aromatic nitrogens is 1. The third kappa shape index (κ3) is 3.20. The van der Waals surface area contributed by atoms with E-state index in [1.807, 2.05) is 36.4 Å². The van der Waals surface area contributed by atoms with E-state index in [1.54, 1.807) is 18.2 Å². The summed E-state index contributed by atoms with van der Waals surface area (Å²) in [6, 6.07) is 21.0. The Labute approximate surface area is 180 Å². The molecule has 30 heavy (non-hydrogen) atoms. The molecule has 0 spiro atoms. The van der Waals surface area contributed by atoms with Gasteiger partial charge in [-0.15, -0.1) is 0 Å². The van der Waals surface area contributed by atoms with Crippen LogP contribution in [0, 0.1) is 0 Å². The van der Waals surface area contributed by atoms with Crippen LogP contribution in [0.2, 0.25) is 5.02 Å². The fourth-order valence-electron chi connectivity index (χ4n) is 4.39. The van der Waals surface area contributed by atoms with Crippen molar-refractivity contribution < 1.29 is 13.5 Å². The summed E-state index contributed by atoms with van der Waals surface area (Å²) in [6.07, 6.45) is -0.259. The minimum atomic E-state index is -3.65. The molecule has 0 saturated carbocycles. The van der Waals surface area contributed by atoms with Crippen LogP contribution in [0.5, 0.6) is 0 Å². The van der Waals surface area contributed by atoms with Crippen LogP contribution in [0.25, 0.3) is 21.8 Å². The molecule has 0 radical (unpaired) electrons. The van der Waals surface area contributed by atoms with Crippen molar-refractivity contribution in [3.63, 3.8) is 0 Å². The molecule has 5 rings (SSSR count). The van der Waals surface area contributed by atoms with Gasteiger partial charge in [-0.25, -0.2) is 8.42 Å². The first kappa shape index (κ1) is 19.6. The maximum Gasteiger partial charge on any atom is 0.243 e. The minimum Gasteiger partial charge on any atom is -0.390 e. The fourth-order valence-corrected chi connectivity index (χ4v) is 6.30. The Morgan fingerprint density at radius 1 is 0.933 bits per heavy atom. The van der Waals surface area contributed by atoms with E-state index in [0.29, 0.717) is 24.5 Å². The highest BCUT2D eigenvalue weighted by molar-refractivity contribution is 7.89. The lowest BCUT2D eigenvalue weighted by Gasteiger charge is -2.30. The van der Waals surface area contributed by atoms with Gasteiger partial charge >= 0.3 is 0 Å². The molecule has 0 saturated heterocycles. The number of sulfonamides is 1. The van der Waals surface area contributed by atoms with E-state index < -0.39 is 16.1 Å². The number of aliphatic hydroxyl groups is 1. The topological polar surface area (TPSA) is 62.5 Å². The molecule has 1 aliphatic rings. The van der Waals surface area contributed by atoms with Gasteiger partial charge in [0.2, 0.25) is 10.0 Å². The zero-order valence-electron chi connectivity index (χ0n) is 16.2. The van der Waals surface area contributed by atoms with Crippen molar-refractivity contribution in [3.05, 3.63) is 77.3 Å². The lowest BCUT2D eigenvalue weighted by Crippen LogP contribution is -2.42. The number of hydrogen-bond acceptors (Lipinski definition) is 3. The number of rotatable bonds is 4. The van der Waals surface area contributed by atoms with Gasteiger partial charge in [0.1, 0.15) is 0 Å². The van der Waals surface area contributed by atoms with Gasteiger partial charge < -0.3 is 9.67 Å². The van der Waals surface area contributed by atoms with Gasteiger partial charge in [0, 0.05) is 39.9 Å².